The number of halogens is 2. The summed E-state index contributed by atoms with van der Waals surface area (Å²) in [6, 6.07) is 9.80. The Balaban J connectivity index is 1.84. The van der Waals surface area contributed by atoms with E-state index in [2.05, 4.69) is 22.5 Å². The lowest BCUT2D eigenvalue weighted by molar-refractivity contribution is -0.121. The Kier molecular flexibility index (Phi) is 7.10. The molecule has 0 spiro atoms. The van der Waals surface area contributed by atoms with Crippen LogP contribution in [0.1, 0.15) is 11.1 Å². The van der Waals surface area contributed by atoms with Gasteiger partial charge in [0.25, 0.3) is 5.91 Å². The van der Waals surface area contributed by atoms with Crippen LogP contribution < -0.4 is 9.47 Å². The van der Waals surface area contributed by atoms with Gasteiger partial charge in [-0.15, -0.1) is 6.58 Å². The van der Waals surface area contributed by atoms with Crippen LogP contribution in [0, 0.1) is 5.82 Å². The molecule has 0 atom stereocenters. The fourth-order valence-corrected chi connectivity index (χ4v) is 4.53. The number of nitrogens with zero attached hydrogens (tertiary/aromatic N) is 1. The monoisotopic (exact) mass is 493 g/mol. The van der Waals surface area contributed by atoms with Crippen molar-refractivity contribution in [2.75, 3.05) is 13.7 Å². The number of hydrogen-bond donors (Lipinski definition) is 0. The van der Waals surface area contributed by atoms with Crippen LogP contribution in [-0.4, -0.2) is 28.8 Å². The van der Waals surface area contributed by atoms with Crippen molar-refractivity contribution in [3.63, 3.8) is 0 Å². The molecular formula is C21H17BrFNO3S2. The number of carbonyl (C=O) groups is 1. The topological polar surface area (TPSA) is 38.8 Å². The zero-order valence-electron chi connectivity index (χ0n) is 15.5. The van der Waals surface area contributed by atoms with Gasteiger partial charge in [-0.05, 0) is 57.4 Å². The zero-order chi connectivity index (χ0) is 21.0. The van der Waals surface area contributed by atoms with Gasteiger partial charge in [0.15, 0.2) is 11.5 Å². The number of thiocarbonyl (C=S) groups is 1. The maximum Gasteiger partial charge on any atom is 0.266 e. The Hall–Kier alpha value is -2.16. The van der Waals surface area contributed by atoms with Crippen LogP contribution in [0.15, 0.2) is 58.4 Å². The van der Waals surface area contributed by atoms with Crippen molar-refractivity contribution in [3.05, 3.63) is 75.4 Å². The molecule has 1 fully saturated rings. The number of carbonyl (C=O) groups excluding carboxylic acids is 1. The van der Waals surface area contributed by atoms with Gasteiger partial charge in [0.1, 0.15) is 16.7 Å². The second kappa shape index (κ2) is 9.56. The molecule has 4 nitrogen and oxygen atoms in total. The quantitative estimate of drug-likeness (QED) is 0.286. The van der Waals surface area contributed by atoms with Crippen molar-refractivity contribution in [2.24, 2.45) is 0 Å². The molecule has 2 aromatic carbocycles. The van der Waals surface area contributed by atoms with Gasteiger partial charge in [0.05, 0.1) is 16.5 Å². The minimum absolute atomic E-state index is 0.151. The first-order valence-electron chi connectivity index (χ1n) is 8.54. The summed E-state index contributed by atoms with van der Waals surface area (Å²) in [7, 11) is 1.53. The van der Waals surface area contributed by atoms with Crippen molar-refractivity contribution >= 4 is 56.2 Å². The van der Waals surface area contributed by atoms with Crippen LogP contribution in [0.4, 0.5) is 4.39 Å². The number of amides is 1. The number of thioether (sulfide) groups is 1. The zero-order valence-corrected chi connectivity index (χ0v) is 18.7. The van der Waals surface area contributed by atoms with Gasteiger partial charge in [0.2, 0.25) is 0 Å². The largest absolute Gasteiger partial charge is 0.493 e. The molecule has 1 aliphatic rings. The van der Waals surface area contributed by atoms with Crippen molar-refractivity contribution in [2.45, 2.75) is 6.61 Å². The minimum Gasteiger partial charge on any atom is -0.493 e. The standard InChI is InChI=1S/C21H17BrFNO3S2/c1-3-7-24-20(25)18(29-21(24)28)11-14-9-16(22)19(17(10-14)26-2)27-12-13-5-4-6-15(23)8-13/h3-6,8-11H,1,7,12H2,2H3/b18-11-. The summed E-state index contributed by atoms with van der Waals surface area (Å²) >= 11 is 10.00. The molecule has 1 amide bonds. The molecule has 0 aromatic heterocycles. The fourth-order valence-electron chi connectivity index (χ4n) is 2.68. The molecule has 3 rings (SSSR count). The second-order valence-corrected chi connectivity index (χ2v) is 8.56. The van der Waals surface area contributed by atoms with Crippen LogP contribution in [0.2, 0.25) is 0 Å². The van der Waals surface area contributed by atoms with Crippen molar-refractivity contribution in [1.29, 1.82) is 0 Å². The van der Waals surface area contributed by atoms with Crippen molar-refractivity contribution in [1.82, 2.24) is 4.90 Å². The molecule has 2 aromatic rings. The van der Waals surface area contributed by atoms with E-state index in [4.69, 9.17) is 21.7 Å². The highest BCUT2D eigenvalue weighted by molar-refractivity contribution is 9.10. The third-order valence-electron chi connectivity index (χ3n) is 4.01. The van der Waals surface area contributed by atoms with Gasteiger partial charge in [-0.25, -0.2) is 4.39 Å². The van der Waals surface area contributed by atoms with Gasteiger partial charge in [-0.2, -0.15) is 0 Å². The Bertz CT molecular complexity index is 1010. The average Bonchev–Trinajstić information content (AvgIpc) is 2.94. The summed E-state index contributed by atoms with van der Waals surface area (Å²) < 4.78 is 25.8. The van der Waals surface area contributed by atoms with Crippen LogP contribution in [0.25, 0.3) is 6.08 Å². The lowest BCUT2D eigenvalue weighted by Crippen LogP contribution is -2.27. The van der Waals surface area contributed by atoms with Gasteiger partial charge in [-0.1, -0.05) is 42.2 Å². The van der Waals surface area contributed by atoms with Crippen molar-refractivity contribution < 1.29 is 18.7 Å². The lowest BCUT2D eigenvalue weighted by atomic mass is 10.1. The van der Waals surface area contributed by atoms with Gasteiger partial charge >= 0.3 is 0 Å². The summed E-state index contributed by atoms with van der Waals surface area (Å²) in [5.41, 5.74) is 1.46. The Morgan fingerprint density at radius 3 is 2.83 bits per heavy atom. The third kappa shape index (κ3) is 5.07. The Morgan fingerprint density at radius 1 is 1.34 bits per heavy atom. The molecular weight excluding hydrogens is 477 g/mol. The van der Waals surface area contributed by atoms with E-state index < -0.39 is 0 Å². The number of methoxy groups -OCH3 is 1. The maximum absolute atomic E-state index is 13.4. The summed E-state index contributed by atoms with van der Waals surface area (Å²) in [4.78, 5) is 14.5. The summed E-state index contributed by atoms with van der Waals surface area (Å²) in [6.07, 6.45) is 3.39. The van der Waals surface area contributed by atoms with Crippen LogP contribution >= 0.6 is 39.9 Å². The van der Waals surface area contributed by atoms with Crippen LogP contribution in [-0.2, 0) is 11.4 Å². The first kappa shape index (κ1) is 21.5. The van der Waals surface area contributed by atoms with E-state index in [-0.39, 0.29) is 18.3 Å². The molecule has 1 heterocycles. The summed E-state index contributed by atoms with van der Waals surface area (Å²) in [5.74, 6) is 0.513. The first-order valence-corrected chi connectivity index (χ1v) is 10.6. The molecule has 8 heteroatoms. The van der Waals surface area contributed by atoms with Crippen molar-refractivity contribution in [3.8, 4) is 11.5 Å². The smallest absolute Gasteiger partial charge is 0.266 e. The highest BCUT2D eigenvalue weighted by Gasteiger charge is 2.31. The molecule has 0 bridgehead atoms. The number of rotatable bonds is 7. The van der Waals surface area contributed by atoms with Crippen LogP contribution in [0.3, 0.4) is 0 Å². The molecule has 0 saturated carbocycles. The molecule has 29 heavy (non-hydrogen) atoms. The first-order chi connectivity index (χ1) is 13.9. The van der Waals surface area contributed by atoms with E-state index in [1.807, 2.05) is 6.07 Å². The molecule has 150 valence electrons. The SMILES string of the molecule is C=CCN1C(=O)/C(=C/c2cc(Br)c(OCc3cccc(F)c3)c(OC)c2)SC1=S. The molecule has 0 unspecified atom stereocenters. The number of hydrogen-bond acceptors (Lipinski definition) is 5. The number of benzene rings is 2. The second-order valence-electron chi connectivity index (χ2n) is 6.03. The number of ether oxygens (including phenoxy) is 2. The van der Waals surface area contributed by atoms with Gasteiger partial charge in [-0.3, -0.25) is 9.69 Å². The minimum atomic E-state index is -0.318. The van der Waals surface area contributed by atoms with E-state index in [1.54, 1.807) is 30.4 Å². The third-order valence-corrected chi connectivity index (χ3v) is 5.97. The lowest BCUT2D eigenvalue weighted by Gasteiger charge is -2.14. The van der Waals surface area contributed by atoms with Crippen LogP contribution in [0.5, 0.6) is 11.5 Å². The normalized spacial score (nSPS) is 15.1. The molecule has 0 N–H and O–H groups in total. The molecule has 1 saturated heterocycles. The van der Waals surface area contributed by atoms with E-state index in [0.717, 1.165) is 5.56 Å². The molecule has 1 aliphatic heterocycles. The van der Waals surface area contributed by atoms with Gasteiger partial charge in [0, 0.05) is 6.54 Å². The summed E-state index contributed by atoms with van der Waals surface area (Å²) in [5, 5.41) is 0. The van der Waals surface area contributed by atoms with E-state index in [1.165, 1.54) is 35.9 Å². The summed E-state index contributed by atoms with van der Waals surface area (Å²) in [6.45, 7) is 4.21. The van der Waals surface area contributed by atoms with E-state index in [0.29, 0.717) is 37.3 Å². The van der Waals surface area contributed by atoms with E-state index in [9.17, 15) is 9.18 Å². The highest BCUT2D eigenvalue weighted by atomic mass is 79.9. The highest BCUT2D eigenvalue weighted by Crippen LogP contribution is 2.39. The Labute approximate surface area is 186 Å². The Morgan fingerprint density at radius 2 is 2.14 bits per heavy atom. The van der Waals surface area contributed by atoms with E-state index >= 15 is 0 Å². The predicted molar refractivity (Wildman–Crippen MR) is 122 cm³/mol. The molecule has 0 radical (unpaired) electrons. The molecule has 0 aliphatic carbocycles. The average molecular weight is 494 g/mol. The maximum atomic E-state index is 13.4. The predicted octanol–water partition coefficient (Wildman–Crippen LogP) is 5.56. The fraction of sp³-hybridized carbons (Fsp3) is 0.143. The van der Waals surface area contributed by atoms with Gasteiger partial charge < -0.3 is 9.47 Å².